The van der Waals surface area contributed by atoms with Crippen molar-refractivity contribution in [3.8, 4) is 11.5 Å². The summed E-state index contributed by atoms with van der Waals surface area (Å²) in [5, 5.41) is 0. The van der Waals surface area contributed by atoms with Gasteiger partial charge < -0.3 is 18.9 Å². The molecule has 0 amide bonds. The predicted octanol–water partition coefficient (Wildman–Crippen LogP) is 0.973. The molecule has 1 aliphatic heterocycles. The summed E-state index contributed by atoms with van der Waals surface area (Å²) in [6.45, 7) is -0.0345. The molecule has 1 aliphatic rings. The second kappa shape index (κ2) is 4.02. The molecular formula is C11H12O5. The van der Waals surface area contributed by atoms with Crippen LogP contribution in [0.1, 0.15) is 0 Å². The maximum absolute atomic E-state index is 11.6. The fourth-order valence-electron chi connectivity index (χ4n) is 1.47. The number of para-hydroxylation sites is 2. The van der Waals surface area contributed by atoms with Crippen LogP contribution in [0.2, 0.25) is 0 Å². The highest BCUT2D eigenvalue weighted by Crippen LogP contribution is 2.35. The van der Waals surface area contributed by atoms with Crippen molar-refractivity contribution in [3.63, 3.8) is 0 Å². The number of hydrogen-bond donors (Lipinski definition) is 0. The fourth-order valence-corrected chi connectivity index (χ4v) is 1.47. The number of ether oxygens (including phenoxy) is 4. The molecule has 2 rings (SSSR count). The molecule has 5 nitrogen and oxygen atoms in total. The molecule has 86 valence electrons. The Labute approximate surface area is 92.9 Å². The van der Waals surface area contributed by atoms with Crippen molar-refractivity contribution >= 4 is 5.97 Å². The number of carbonyl (C=O) groups is 1. The van der Waals surface area contributed by atoms with E-state index in [1.165, 1.54) is 14.2 Å². The van der Waals surface area contributed by atoms with Gasteiger partial charge >= 0.3 is 11.8 Å². The van der Waals surface area contributed by atoms with E-state index in [2.05, 4.69) is 4.74 Å². The van der Waals surface area contributed by atoms with Crippen LogP contribution in [0.25, 0.3) is 0 Å². The molecule has 5 heteroatoms. The Balaban J connectivity index is 2.32. The van der Waals surface area contributed by atoms with E-state index < -0.39 is 11.8 Å². The van der Waals surface area contributed by atoms with Crippen LogP contribution in [0.15, 0.2) is 24.3 Å². The third-order valence-electron chi connectivity index (χ3n) is 2.37. The van der Waals surface area contributed by atoms with Crippen molar-refractivity contribution in [1.29, 1.82) is 0 Å². The summed E-state index contributed by atoms with van der Waals surface area (Å²) in [4.78, 5) is 11.6. The molecule has 1 atom stereocenters. The van der Waals surface area contributed by atoms with Gasteiger partial charge in [-0.1, -0.05) is 12.1 Å². The second-order valence-electron chi connectivity index (χ2n) is 3.29. The molecule has 0 unspecified atom stereocenters. The fraction of sp³-hybridized carbons (Fsp3) is 0.364. The lowest BCUT2D eigenvalue weighted by Crippen LogP contribution is -2.53. The zero-order valence-corrected chi connectivity index (χ0v) is 9.06. The smallest absolute Gasteiger partial charge is 0.383 e. The maximum atomic E-state index is 11.6. The minimum atomic E-state index is -1.51. The first-order valence-electron chi connectivity index (χ1n) is 4.76. The molecule has 16 heavy (non-hydrogen) atoms. The lowest BCUT2D eigenvalue weighted by Gasteiger charge is -2.34. The normalized spacial score (nSPS) is 22.6. The van der Waals surface area contributed by atoms with Gasteiger partial charge in [-0.15, -0.1) is 0 Å². The van der Waals surface area contributed by atoms with Crippen LogP contribution in [0, 0.1) is 0 Å². The molecule has 1 aromatic carbocycles. The van der Waals surface area contributed by atoms with Crippen LogP contribution in [0.4, 0.5) is 0 Å². The zero-order chi connectivity index (χ0) is 11.6. The minimum absolute atomic E-state index is 0.0345. The number of rotatable bonds is 2. The van der Waals surface area contributed by atoms with Gasteiger partial charge in [-0.25, -0.2) is 4.79 Å². The van der Waals surface area contributed by atoms with Gasteiger partial charge in [0.05, 0.1) is 7.11 Å². The van der Waals surface area contributed by atoms with Gasteiger partial charge in [0.15, 0.2) is 18.1 Å². The Bertz CT molecular complexity index is 403. The van der Waals surface area contributed by atoms with Crippen LogP contribution in [-0.4, -0.2) is 32.6 Å². The van der Waals surface area contributed by atoms with Gasteiger partial charge in [-0.2, -0.15) is 0 Å². The number of benzene rings is 1. The van der Waals surface area contributed by atoms with E-state index in [0.29, 0.717) is 11.5 Å². The summed E-state index contributed by atoms with van der Waals surface area (Å²) in [6, 6.07) is 7.06. The summed E-state index contributed by atoms with van der Waals surface area (Å²) in [7, 11) is 2.64. The molecule has 0 fully saturated rings. The highest BCUT2D eigenvalue weighted by Gasteiger charge is 2.47. The van der Waals surface area contributed by atoms with Crippen molar-refractivity contribution in [2.24, 2.45) is 0 Å². The Hall–Kier alpha value is -1.75. The van der Waals surface area contributed by atoms with Crippen LogP contribution in [-0.2, 0) is 14.3 Å². The lowest BCUT2D eigenvalue weighted by molar-refractivity contribution is -0.221. The summed E-state index contributed by atoms with van der Waals surface area (Å²) in [6.07, 6.45) is 0. The molecule has 0 saturated carbocycles. The first-order valence-corrected chi connectivity index (χ1v) is 4.76. The summed E-state index contributed by atoms with van der Waals surface area (Å²) in [5.41, 5.74) is 0. The number of esters is 1. The Morgan fingerprint density at radius 3 is 2.62 bits per heavy atom. The van der Waals surface area contributed by atoms with E-state index in [1.54, 1.807) is 18.2 Å². The van der Waals surface area contributed by atoms with E-state index in [1.807, 2.05) is 6.07 Å². The second-order valence-corrected chi connectivity index (χ2v) is 3.29. The first kappa shape index (κ1) is 10.8. The number of fused-ring (bicyclic) bond motifs is 1. The summed E-state index contributed by atoms with van der Waals surface area (Å²) in [5.74, 6) is -1.09. The molecular weight excluding hydrogens is 212 g/mol. The van der Waals surface area contributed by atoms with Gasteiger partial charge in [0.1, 0.15) is 0 Å². The van der Waals surface area contributed by atoms with Crippen LogP contribution >= 0.6 is 0 Å². The molecule has 0 aliphatic carbocycles. The Kier molecular flexibility index (Phi) is 2.70. The van der Waals surface area contributed by atoms with Gasteiger partial charge in [0.25, 0.3) is 0 Å². The SMILES string of the molecule is COC(=O)[C@@]1(OC)COc2ccccc2O1. The molecule has 1 aromatic rings. The van der Waals surface area contributed by atoms with Gasteiger partial charge in [-0.05, 0) is 12.1 Å². The van der Waals surface area contributed by atoms with Crippen LogP contribution in [0.3, 0.4) is 0 Å². The highest BCUT2D eigenvalue weighted by atomic mass is 16.8. The van der Waals surface area contributed by atoms with Crippen LogP contribution in [0.5, 0.6) is 11.5 Å². The molecule has 1 heterocycles. The molecule has 0 aromatic heterocycles. The highest BCUT2D eigenvalue weighted by molar-refractivity contribution is 5.79. The topological polar surface area (TPSA) is 54.0 Å². The zero-order valence-electron chi connectivity index (χ0n) is 9.06. The molecule has 0 N–H and O–H groups in total. The number of methoxy groups -OCH3 is 2. The average Bonchev–Trinajstić information content (AvgIpc) is 2.37. The first-order chi connectivity index (χ1) is 7.72. The van der Waals surface area contributed by atoms with E-state index in [-0.39, 0.29) is 6.61 Å². The third-order valence-corrected chi connectivity index (χ3v) is 2.37. The van der Waals surface area contributed by atoms with Crippen molar-refractivity contribution in [2.75, 3.05) is 20.8 Å². The standard InChI is InChI=1S/C11H12O5/c1-13-10(12)11(14-2)7-15-8-5-3-4-6-9(8)16-11/h3-6H,7H2,1-2H3/t11-/m1/s1. The quantitative estimate of drug-likeness (QED) is 0.701. The molecule has 0 bridgehead atoms. The molecule has 0 spiro atoms. The predicted molar refractivity (Wildman–Crippen MR) is 54.3 cm³/mol. The summed E-state index contributed by atoms with van der Waals surface area (Å²) < 4.78 is 20.6. The van der Waals surface area contributed by atoms with Crippen molar-refractivity contribution in [2.45, 2.75) is 5.79 Å². The lowest BCUT2D eigenvalue weighted by atomic mass is 10.2. The monoisotopic (exact) mass is 224 g/mol. The number of hydrogen-bond acceptors (Lipinski definition) is 5. The molecule has 0 saturated heterocycles. The largest absolute Gasteiger partial charge is 0.482 e. The van der Waals surface area contributed by atoms with Crippen molar-refractivity contribution in [3.05, 3.63) is 24.3 Å². The Morgan fingerprint density at radius 2 is 2.00 bits per heavy atom. The minimum Gasteiger partial charge on any atom is -0.482 e. The van der Waals surface area contributed by atoms with E-state index in [4.69, 9.17) is 14.2 Å². The maximum Gasteiger partial charge on any atom is 0.383 e. The Morgan fingerprint density at radius 1 is 1.31 bits per heavy atom. The third kappa shape index (κ3) is 1.59. The van der Waals surface area contributed by atoms with Crippen molar-refractivity contribution in [1.82, 2.24) is 0 Å². The van der Waals surface area contributed by atoms with E-state index in [0.717, 1.165) is 0 Å². The van der Waals surface area contributed by atoms with Crippen molar-refractivity contribution < 1.29 is 23.7 Å². The van der Waals surface area contributed by atoms with Gasteiger partial charge in [0, 0.05) is 7.11 Å². The van der Waals surface area contributed by atoms with Gasteiger partial charge in [0.2, 0.25) is 0 Å². The van der Waals surface area contributed by atoms with E-state index in [9.17, 15) is 4.79 Å². The van der Waals surface area contributed by atoms with Gasteiger partial charge in [-0.3, -0.25) is 0 Å². The number of carbonyl (C=O) groups excluding carboxylic acids is 1. The molecule has 0 radical (unpaired) electrons. The van der Waals surface area contributed by atoms with Crippen LogP contribution < -0.4 is 9.47 Å². The average molecular weight is 224 g/mol. The van der Waals surface area contributed by atoms with E-state index >= 15 is 0 Å². The summed E-state index contributed by atoms with van der Waals surface area (Å²) >= 11 is 0.